The maximum Gasteiger partial charge on any atom is 0.222 e. The highest BCUT2D eigenvalue weighted by Gasteiger charge is 2.11. The highest BCUT2D eigenvalue weighted by molar-refractivity contribution is 7.71. The van der Waals surface area contributed by atoms with Gasteiger partial charge < -0.3 is 5.32 Å². The molecule has 4 heterocycles. The molecule has 4 rings (SSSR count). The standard InChI is InChI=1S/C18H17N7OS2/c26-16(5-9-24-17(22-23-18(24)27)14-3-1-10-28-14)20-12-13-4-7-19-15(11-13)25-8-2-6-21-25/h1-4,6-8,10-11H,5,9,12H2,(H,20,26)(H,23,27). The van der Waals surface area contributed by atoms with E-state index in [0.29, 0.717) is 30.1 Å². The van der Waals surface area contributed by atoms with E-state index in [9.17, 15) is 4.79 Å². The Labute approximate surface area is 169 Å². The SMILES string of the molecule is O=C(CCn1c(-c2cccs2)n[nH]c1=S)NCc1ccnc(-n2cccn2)c1. The minimum absolute atomic E-state index is 0.0577. The maximum absolute atomic E-state index is 12.3. The molecule has 4 aromatic rings. The smallest absolute Gasteiger partial charge is 0.222 e. The zero-order valence-corrected chi connectivity index (χ0v) is 16.4. The van der Waals surface area contributed by atoms with E-state index in [1.165, 1.54) is 0 Å². The summed E-state index contributed by atoms with van der Waals surface area (Å²) < 4.78 is 4.04. The number of rotatable bonds is 7. The van der Waals surface area contributed by atoms with E-state index >= 15 is 0 Å². The normalized spacial score (nSPS) is 10.9. The third-order valence-electron chi connectivity index (χ3n) is 4.10. The van der Waals surface area contributed by atoms with Crippen LogP contribution in [0.1, 0.15) is 12.0 Å². The van der Waals surface area contributed by atoms with E-state index in [1.54, 1.807) is 28.4 Å². The summed E-state index contributed by atoms with van der Waals surface area (Å²) in [6, 6.07) is 9.54. The number of carbonyl (C=O) groups is 1. The van der Waals surface area contributed by atoms with Crippen molar-refractivity contribution in [2.24, 2.45) is 0 Å². The number of pyridine rings is 1. The van der Waals surface area contributed by atoms with Gasteiger partial charge in [-0.15, -0.1) is 11.3 Å². The van der Waals surface area contributed by atoms with Gasteiger partial charge in [0.05, 0.1) is 4.88 Å². The molecule has 10 heteroatoms. The number of carbonyl (C=O) groups excluding carboxylic acids is 1. The zero-order chi connectivity index (χ0) is 19.3. The second-order valence-corrected chi connectivity index (χ2v) is 7.32. The predicted octanol–water partition coefficient (Wildman–Crippen LogP) is 2.96. The van der Waals surface area contributed by atoms with Gasteiger partial charge in [0.15, 0.2) is 16.4 Å². The van der Waals surface area contributed by atoms with Gasteiger partial charge in [-0.1, -0.05) is 6.07 Å². The molecule has 142 valence electrons. The Balaban J connectivity index is 1.36. The summed E-state index contributed by atoms with van der Waals surface area (Å²) in [7, 11) is 0. The largest absolute Gasteiger partial charge is 0.352 e. The van der Waals surface area contributed by atoms with E-state index < -0.39 is 0 Å². The molecule has 0 aliphatic heterocycles. The molecule has 0 radical (unpaired) electrons. The minimum Gasteiger partial charge on any atom is -0.352 e. The molecule has 0 bridgehead atoms. The topological polar surface area (TPSA) is 93.4 Å². The molecule has 0 unspecified atom stereocenters. The van der Waals surface area contributed by atoms with Crippen LogP contribution >= 0.6 is 23.6 Å². The molecule has 2 N–H and O–H groups in total. The van der Waals surface area contributed by atoms with Crippen LogP contribution in [-0.2, 0) is 17.9 Å². The van der Waals surface area contributed by atoms with Crippen molar-refractivity contribution in [1.82, 2.24) is 34.8 Å². The lowest BCUT2D eigenvalue weighted by Gasteiger charge is -2.08. The van der Waals surface area contributed by atoms with Gasteiger partial charge in [0.25, 0.3) is 0 Å². The monoisotopic (exact) mass is 411 g/mol. The lowest BCUT2D eigenvalue weighted by Crippen LogP contribution is -2.24. The maximum atomic E-state index is 12.3. The van der Waals surface area contributed by atoms with Crippen LogP contribution in [0.3, 0.4) is 0 Å². The van der Waals surface area contributed by atoms with Crippen molar-refractivity contribution in [2.45, 2.75) is 19.5 Å². The summed E-state index contributed by atoms with van der Waals surface area (Å²) in [5.74, 6) is 1.41. The number of H-pyrrole nitrogens is 1. The molecule has 1 amide bonds. The minimum atomic E-state index is -0.0577. The first-order chi connectivity index (χ1) is 13.7. The molecule has 0 saturated heterocycles. The Hall–Kier alpha value is -3.11. The lowest BCUT2D eigenvalue weighted by molar-refractivity contribution is -0.121. The Bertz CT molecular complexity index is 1110. The third kappa shape index (κ3) is 4.07. The summed E-state index contributed by atoms with van der Waals surface area (Å²) in [6.07, 6.45) is 5.53. The predicted molar refractivity (Wildman–Crippen MR) is 109 cm³/mol. The van der Waals surface area contributed by atoms with Crippen LogP contribution in [0.4, 0.5) is 0 Å². The van der Waals surface area contributed by atoms with Gasteiger partial charge in [-0.3, -0.25) is 14.5 Å². The number of nitrogens with zero attached hydrogens (tertiary/aromatic N) is 5. The number of aromatic nitrogens is 6. The molecule has 0 atom stereocenters. The van der Waals surface area contributed by atoms with Crippen molar-refractivity contribution in [3.63, 3.8) is 0 Å². The van der Waals surface area contributed by atoms with Crippen molar-refractivity contribution >= 4 is 29.5 Å². The first-order valence-corrected chi connectivity index (χ1v) is 9.90. The Morgan fingerprint density at radius 3 is 3.00 bits per heavy atom. The van der Waals surface area contributed by atoms with E-state index in [-0.39, 0.29) is 5.91 Å². The fourth-order valence-electron chi connectivity index (χ4n) is 2.72. The van der Waals surface area contributed by atoms with Gasteiger partial charge in [0.1, 0.15) is 0 Å². The number of amides is 1. The number of hydrogen-bond donors (Lipinski definition) is 2. The van der Waals surface area contributed by atoms with Crippen molar-refractivity contribution in [1.29, 1.82) is 0 Å². The fourth-order valence-corrected chi connectivity index (χ4v) is 3.67. The number of nitrogens with one attached hydrogen (secondary N) is 2. The average Bonchev–Trinajstić information content (AvgIpc) is 3.46. The molecule has 0 spiro atoms. The van der Waals surface area contributed by atoms with Crippen LogP contribution in [0.2, 0.25) is 0 Å². The zero-order valence-electron chi connectivity index (χ0n) is 14.8. The van der Waals surface area contributed by atoms with Crippen molar-refractivity contribution in [3.8, 4) is 16.5 Å². The molecule has 0 aromatic carbocycles. The van der Waals surface area contributed by atoms with E-state index in [4.69, 9.17) is 12.2 Å². The Kier molecular flexibility index (Phi) is 5.40. The molecular formula is C18H17N7OS2. The Morgan fingerprint density at radius 1 is 1.29 bits per heavy atom. The Morgan fingerprint density at radius 2 is 2.21 bits per heavy atom. The highest BCUT2D eigenvalue weighted by Crippen LogP contribution is 2.22. The summed E-state index contributed by atoms with van der Waals surface area (Å²) in [5, 5.41) is 16.2. The molecule has 0 saturated carbocycles. The lowest BCUT2D eigenvalue weighted by atomic mass is 10.2. The van der Waals surface area contributed by atoms with Crippen molar-refractivity contribution in [2.75, 3.05) is 0 Å². The van der Waals surface area contributed by atoms with Gasteiger partial charge >= 0.3 is 0 Å². The number of thiophene rings is 1. The summed E-state index contributed by atoms with van der Waals surface area (Å²) in [4.78, 5) is 17.6. The van der Waals surface area contributed by atoms with Crippen molar-refractivity contribution < 1.29 is 4.79 Å². The second-order valence-electron chi connectivity index (χ2n) is 5.98. The van der Waals surface area contributed by atoms with Crippen LogP contribution in [0.25, 0.3) is 16.5 Å². The van der Waals surface area contributed by atoms with E-state index in [0.717, 1.165) is 16.3 Å². The summed E-state index contributed by atoms with van der Waals surface area (Å²) >= 11 is 6.88. The molecule has 28 heavy (non-hydrogen) atoms. The first kappa shape index (κ1) is 18.3. The average molecular weight is 412 g/mol. The molecule has 0 fully saturated rings. The second kappa shape index (κ2) is 8.28. The number of hydrogen-bond acceptors (Lipinski definition) is 6. The van der Waals surface area contributed by atoms with Crippen LogP contribution in [0.5, 0.6) is 0 Å². The van der Waals surface area contributed by atoms with Gasteiger partial charge in [0.2, 0.25) is 5.91 Å². The quantitative estimate of drug-likeness (QED) is 0.456. The fraction of sp³-hybridized carbons (Fsp3) is 0.167. The van der Waals surface area contributed by atoms with Gasteiger partial charge in [-0.05, 0) is 47.4 Å². The first-order valence-electron chi connectivity index (χ1n) is 8.61. The van der Waals surface area contributed by atoms with Gasteiger partial charge in [-0.2, -0.15) is 10.2 Å². The van der Waals surface area contributed by atoms with Crippen LogP contribution in [0, 0.1) is 4.77 Å². The van der Waals surface area contributed by atoms with E-state index in [1.807, 2.05) is 46.5 Å². The molecule has 4 aromatic heterocycles. The highest BCUT2D eigenvalue weighted by atomic mass is 32.1. The van der Waals surface area contributed by atoms with Gasteiger partial charge in [-0.25, -0.2) is 9.67 Å². The molecule has 0 aliphatic rings. The molecule has 8 nitrogen and oxygen atoms in total. The van der Waals surface area contributed by atoms with Crippen LogP contribution in [-0.4, -0.2) is 35.4 Å². The third-order valence-corrected chi connectivity index (χ3v) is 5.28. The number of aromatic amines is 1. The molecular weight excluding hydrogens is 394 g/mol. The van der Waals surface area contributed by atoms with Gasteiger partial charge in [0, 0.05) is 38.1 Å². The van der Waals surface area contributed by atoms with Crippen LogP contribution in [0.15, 0.2) is 54.3 Å². The van der Waals surface area contributed by atoms with Crippen molar-refractivity contribution in [3.05, 3.63) is 64.6 Å². The van der Waals surface area contributed by atoms with Crippen LogP contribution < -0.4 is 5.32 Å². The summed E-state index contributed by atoms with van der Waals surface area (Å²) in [6.45, 7) is 0.882. The summed E-state index contributed by atoms with van der Waals surface area (Å²) in [5.41, 5.74) is 0.952. The molecule has 0 aliphatic carbocycles. The van der Waals surface area contributed by atoms with E-state index in [2.05, 4.69) is 25.6 Å².